The van der Waals surface area contributed by atoms with E-state index in [0.29, 0.717) is 0 Å². The van der Waals surface area contributed by atoms with Crippen molar-refractivity contribution < 1.29 is 12.8 Å². The van der Waals surface area contributed by atoms with Crippen LogP contribution in [0.2, 0.25) is 0 Å². The third-order valence-corrected chi connectivity index (χ3v) is 2.45. The second kappa shape index (κ2) is 4.04. The van der Waals surface area contributed by atoms with Gasteiger partial charge in [-0.05, 0) is 0 Å². The van der Waals surface area contributed by atoms with E-state index >= 15 is 0 Å². The van der Waals surface area contributed by atoms with Crippen LogP contribution < -0.4 is 10.9 Å². The number of primary sulfonamides is 1. The molecule has 1 aromatic rings. The van der Waals surface area contributed by atoms with Gasteiger partial charge in [-0.25, -0.2) is 17.9 Å². The van der Waals surface area contributed by atoms with Crippen molar-refractivity contribution in [1.82, 2.24) is 0 Å². The number of halogens is 1. The van der Waals surface area contributed by atoms with Gasteiger partial charge in [0.05, 0.1) is 5.75 Å². The molecular formula is C8H11FN2O2S. The van der Waals surface area contributed by atoms with E-state index in [1.807, 2.05) is 0 Å². The Labute approximate surface area is 81.8 Å². The van der Waals surface area contributed by atoms with Crippen LogP contribution >= 0.6 is 0 Å². The highest BCUT2D eigenvalue weighted by atomic mass is 32.2. The van der Waals surface area contributed by atoms with Gasteiger partial charge in [0.2, 0.25) is 10.0 Å². The molecule has 14 heavy (non-hydrogen) atoms. The molecule has 0 aliphatic rings. The Morgan fingerprint density at radius 1 is 1.29 bits per heavy atom. The van der Waals surface area contributed by atoms with Gasteiger partial charge in [-0.2, -0.15) is 0 Å². The molecule has 0 aliphatic heterocycles. The molecule has 0 radical (unpaired) electrons. The minimum Gasteiger partial charge on any atom is -0.326 e. The molecule has 0 unspecified atom stereocenters. The predicted octanol–water partition coefficient (Wildman–Crippen LogP) is 0.0729. The van der Waals surface area contributed by atoms with Gasteiger partial charge in [0, 0.05) is 17.7 Å². The molecule has 4 N–H and O–H groups in total. The maximum absolute atomic E-state index is 13.4. The van der Waals surface area contributed by atoms with E-state index in [1.54, 1.807) is 6.07 Å². The van der Waals surface area contributed by atoms with Gasteiger partial charge in [-0.15, -0.1) is 0 Å². The predicted molar refractivity (Wildman–Crippen MR) is 51.1 cm³/mol. The first-order valence-electron chi connectivity index (χ1n) is 3.91. The Morgan fingerprint density at radius 2 is 1.86 bits per heavy atom. The van der Waals surface area contributed by atoms with Gasteiger partial charge >= 0.3 is 0 Å². The first-order chi connectivity index (χ1) is 6.44. The number of sulfonamides is 1. The molecule has 6 heteroatoms. The van der Waals surface area contributed by atoms with E-state index < -0.39 is 21.6 Å². The summed E-state index contributed by atoms with van der Waals surface area (Å²) in [5.74, 6) is -1.10. The standard InChI is InChI=1S/C8H11FN2O2S/c9-8-6(4-10)2-1-3-7(8)5-14(11,12)13/h1-3H,4-5,10H2,(H2,11,12,13). The SMILES string of the molecule is NCc1cccc(CS(N)(=O)=O)c1F. The lowest BCUT2D eigenvalue weighted by atomic mass is 10.1. The highest BCUT2D eigenvalue weighted by Crippen LogP contribution is 2.14. The molecule has 0 atom stereocenters. The summed E-state index contributed by atoms with van der Waals surface area (Å²) in [7, 11) is -3.71. The molecule has 0 heterocycles. The molecule has 0 amide bonds. The van der Waals surface area contributed by atoms with Crippen LogP contribution in [0.25, 0.3) is 0 Å². The summed E-state index contributed by atoms with van der Waals surface area (Å²) in [6, 6.07) is 4.42. The fourth-order valence-electron chi connectivity index (χ4n) is 1.12. The maximum Gasteiger partial charge on any atom is 0.213 e. The molecule has 0 fully saturated rings. The third-order valence-electron chi connectivity index (χ3n) is 1.74. The van der Waals surface area contributed by atoms with Crippen molar-refractivity contribution in [2.45, 2.75) is 12.3 Å². The van der Waals surface area contributed by atoms with Crippen LogP contribution in [0.1, 0.15) is 11.1 Å². The summed E-state index contributed by atoms with van der Waals surface area (Å²) in [6.07, 6.45) is 0. The first-order valence-corrected chi connectivity index (χ1v) is 5.62. The minimum atomic E-state index is -3.71. The van der Waals surface area contributed by atoms with Crippen molar-refractivity contribution in [2.24, 2.45) is 10.9 Å². The molecule has 78 valence electrons. The first kappa shape index (κ1) is 11.1. The average Bonchev–Trinajstić information content (AvgIpc) is 2.06. The third kappa shape index (κ3) is 2.76. The van der Waals surface area contributed by atoms with Crippen molar-refractivity contribution in [3.63, 3.8) is 0 Å². The smallest absolute Gasteiger partial charge is 0.213 e. The Kier molecular flexibility index (Phi) is 3.20. The molecule has 4 nitrogen and oxygen atoms in total. The van der Waals surface area contributed by atoms with E-state index in [4.69, 9.17) is 10.9 Å². The summed E-state index contributed by atoms with van der Waals surface area (Å²) in [5, 5.41) is 4.80. The second-order valence-corrected chi connectivity index (χ2v) is 4.52. The molecule has 0 aromatic heterocycles. The van der Waals surface area contributed by atoms with E-state index in [-0.39, 0.29) is 17.7 Å². The topological polar surface area (TPSA) is 86.2 Å². The lowest BCUT2D eigenvalue weighted by Gasteiger charge is -2.05. The summed E-state index contributed by atoms with van der Waals surface area (Å²) < 4.78 is 34.9. The van der Waals surface area contributed by atoms with Crippen LogP contribution in [0.3, 0.4) is 0 Å². The lowest BCUT2D eigenvalue weighted by Crippen LogP contribution is -2.16. The molecular weight excluding hydrogens is 207 g/mol. The van der Waals surface area contributed by atoms with Crippen molar-refractivity contribution in [1.29, 1.82) is 0 Å². The van der Waals surface area contributed by atoms with Gasteiger partial charge in [-0.1, -0.05) is 18.2 Å². The quantitative estimate of drug-likeness (QED) is 0.752. The number of benzene rings is 1. The van der Waals surface area contributed by atoms with Crippen molar-refractivity contribution >= 4 is 10.0 Å². The van der Waals surface area contributed by atoms with Crippen LogP contribution in [-0.4, -0.2) is 8.42 Å². The average molecular weight is 218 g/mol. The normalized spacial score (nSPS) is 11.6. The molecule has 0 saturated carbocycles. The maximum atomic E-state index is 13.4. The Hall–Kier alpha value is -0.980. The van der Waals surface area contributed by atoms with Gasteiger partial charge < -0.3 is 5.73 Å². The van der Waals surface area contributed by atoms with E-state index in [0.717, 1.165) is 0 Å². The molecule has 0 saturated heterocycles. The Balaban J connectivity index is 3.10. The number of nitrogens with two attached hydrogens (primary N) is 2. The van der Waals surface area contributed by atoms with Gasteiger partial charge in [0.1, 0.15) is 5.82 Å². The molecule has 1 rings (SSSR count). The van der Waals surface area contributed by atoms with Gasteiger partial charge in [0.15, 0.2) is 0 Å². The van der Waals surface area contributed by atoms with E-state index in [1.165, 1.54) is 12.1 Å². The summed E-state index contributed by atoms with van der Waals surface area (Å²) in [4.78, 5) is 0. The minimum absolute atomic E-state index is 0.0320. The van der Waals surface area contributed by atoms with Crippen LogP contribution in [0.5, 0.6) is 0 Å². The van der Waals surface area contributed by atoms with Crippen molar-refractivity contribution in [3.05, 3.63) is 35.1 Å². The van der Waals surface area contributed by atoms with Crippen molar-refractivity contribution in [2.75, 3.05) is 0 Å². The van der Waals surface area contributed by atoms with Crippen LogP contribution in [0.4, 0.5) is 4.39 Å². The second-order valence-electron chi connectivity index (χ2n) is 2.90. The fraction of sp³-hybridized carbons (Fsp3) is 0.250. The van der Waals surface area contributed by atoms with Crippen LogP contribution in [-0.2, 0) is 22.3 Å². The van der Waals surface area contributed by atoms with Gasteiger partial charge in [0.25, 0.3) is 0 Å². The lowest BCUT2D eigenvalue weighted by molar-refractivity contribution is 0.583. The number of hydrogen-bond donors (Lipinski definition) is 2. The highest BCUT2D eigenvalue weighted by Gasteiger charge is 2.11. The number of rotatable bonds is 3. The van der Waals surface area contributed by atoms with Crippen molar-refractivity contribution in [3.8, 4) is 0 Å². The monoisotopic (exact) mass is 218 g/mol. The molecule has 0 spiro atoms. The van der Waals surface area contributed by atoms with E-state index in [2.05, 4.69) is 0 Å². The van der Waals surface area contributed by atoms with E-state index in [9.17, 15) is 12.8 Å². The summed E-state index contributed by atoms with van der Waals surface area (Å²) in [6.45, 7) is 0.0320. The molecule has 1 aromatic carbocycles. The van der Waals surface area contributed by atoms with Crippen LogP contribution in [0, 0.1) is 5.82 Å². The zero-order valence-corrected chi connectivity index (χ0v) is 8.22. The zero-order chi connectivity index (χ0) is 10.8. The fourth-order valence-corrected chi connectivity index (χ4v) is 1.78. The highest BCUT2D eigenvalue weighted by molar-refractivity contribution is 7.88. The van der Waals surface area contributed by atoms with Crippen LogP contribution in [0.15, 0.2) is 18.2 Å². The Bertz CT molecular complexity index is 431. The summed E-state index contributed by atoms with van der Waals surface area (Å²) in [5.41, 5.74) is 5.60. The molecule has 0 bridgehead atoms. The number of hydrogen-bond acceptors (Lipinski definition) is 3. The summed E-state index contributed by atoms with van der Waals surface area (Å²) >= 11 is 0. The largest absolute Gasteiger partial charge is 0.326 e. The molecule has 0 aliphatic carbocycles. The zero-order valence-electron chi connectivity index (χ0n) is 7.40. The Morgan fingerprint density at radius 3 is 2.36 bits per heavy atom. The van der Waals surface area contributed by atoms with Gasteiger partial charge in [-0.3, -0.25) is 0 Å².